The van der Waals surface area contributed by atoms with Crippen molar-refractivity contribution in [2.24, 2.45) is 0 Å². The Hall–Kier alpha value is -3.09. The summed E-state index contributed by atoms with van der Waals surface area (Å²) in [6.45, 7) is 1.89. The lowest BCUT2D eigenvalue weighted by Crippen LogP contribution is -2.28. The number of benzene rings is 2. The molecule has 0 bridgehead atoms. The smallest absolute Gasteiger partial charge is 0.272 e. The summed E-state index contributed by atoms with van der Waals surface area (Å²) in [5.41, 5.74) is 2.60. The number of nitrogens with one attached hydrogen (secondary N) is 1. The first kappa shape index (κ1) is 18.3. The third kappa shape index (κ3) is 5.20. The Bertz CT molecular complexity index is 757. The van der Waals surface area contributed by atoms with Crippen LogP contribution < -0.4 is 15.0 Å². The van der Waals surface area contributed by atoms with Crippen molar-refractivity contribution < 1.29 is 14.5 Å². The molecule has 0 aromatic heterocycles. The van der Waals surface area contributed by atoms with Gasteiger partial charge in [0.15, 0.2) is 6.61 Å². The molecule has 2 aromatic rings. The number of ether oxygens (including phenoxy) is 1. The predicted octanol–water partition coefficient (Wildman–Crippen LogP) is 2.66. The molecular weight excluding hydrogens is 322 g/mol. The van der Waals surface area contributed by atoms with Gasteiger partial charge < -0.3 is 15.0 Å². The number of nitro groups is 1. The van der Waals surface area contributed by atoms with E-state index in [1.165, 1.54) is 12.1 Å². The molecule has 132 valence electrons. The van der Waals surface area contributed by atoms with E-state index in [0.717, 1.165) is 11.3 Å². The van der Waals surface area contributed by atoms with E-state index in [1.807, 2.05) is 43.3 Å². The van der Waals surface area contributed by atoms with Gasteiger partial charge in [0.05, 0.1) is 4.92 Å². The summed E-state index contributed by atoms with van der Waals surface area (Å²) in [5.74, 6) is 0.168. The highest BCUT2D eigenvalue weighted by atomic mass is 16.6. The molecule has 7 nitrogen and oxygen atoms in total. The SMILES string of the molecule is Cc1cc(OCC(=O)NCc2ccc(N(C)C)cc2)ccc1[N+](=O)[O-]. The van der Waals surface area contributed by atoms with Crippen LogP contribution >= 0.6 is 0 Å². The highest BCUT2D eigenvalue weighted by molar-refractivity contribution is 5.77. The maximum absolute atomic E-state index is 11.9. The molecule has 0 saturated carbocycles. The number of carbonyl (C=O) groups is 1. The zero-order valence-corrected chi connectivity index (χ0v) is 14.5. The molecule has 0 aliphatic heterocycles. The second kappa shape index (κ2) is 8.14. The van der Waals surface area contributed by atoms with Crippen LogP contribution in [0.25, 0.3) is 0 Å². The molecule has 2 aromatic carbocycles. The summed E-state index contributed by atoms with van der Waals surface area (Å²) < 4.78 is 5.38. The molecule has 1 N–H and O–H groups in total. The zero-order chi connectivity index (χ0) is 18.4. The minimum atomic E-state index is -0.451. The number of amides is 1. The molecule has 0 fully saturated rings. The number of rotatable bonds is 7. The van der Waals surface area contributed by atoms with Gasteiger partial charge in [-0.1, -0.05) is 12.1 Å². The Morgan fingerprint density at radius 3 is 2.44 bits per heavy atom. The lowest BCUT2D eigenvalue weighted by Gasteiger charge is -2.13. The highest BCUT2D eigenvalue weighted by Gasteiger charge is 2.11. The molecule has 25 heavy (non-hydrogen) atoms. The molecule has 1 amide bonds. The van der Waals surface area contributed by atoms with Crippen molar-refractivity contribution in [2.75, 3.05) is 25.6 Å². The molecule has 0 spiro atoms. The van der Waals surface area contributed by atoms with Crippen LogP contribution in [-0.2, 0) is 11.3 Å². The average molecular weight is 343 g/mol. The summed E-state index contributed by atoms with van der Waals surface area (Å²) in [4.78, 5) is 24.2. The molecule has 0 unspecified atom stereocenters. The fraction of sp³-hybridized carbons (Fsp3) is 0.278. The van der Waals surface area contributed by atoms with Crippen LogP contribution in [0.3, 0.4) is 0 Å². The van der Waals surface area contributed by atoms with Crippen molar-refractivity contribution in [3.05, 3.63) is 63.7 Å². The third-order valence-electron chi connectivity index (χ3n) is 3.68. The Morgan fingerprint density at radius 2 is 1.88 bits per heavy atom. The topological polar surface area (TPSA) is 84.7 Å². The van der Waals surface area contributed by atoms with Gasteiger partial charge in [0.2, 0.25) is 0 Å². The number of nitrogens with zero attached hydrogens (tertiary/aromatic N) is 2. The monoisotopic (exact) mass is 343 g/mol. The molecule has 0 heterocycles. The van der Waals surface area contributed by atoms with Crippen molar-refractivity contribution in [3.8, 4) is 5.75 Å². The molecule has 7 heteroatoms. The maximum atomic E-state index is 11.9. The van der Waals surface area contributed by atoms with Crippen LogP contribution in [0.1, 0.15) is 11.1 Å². The molecule has 0 radical (unpaired) electrons. The van der Waals surface area contributed by atoms with Crippen LogP contribution in [-0.4, -0.2) is 31.5 Å². The second-order valence-corrected chi connectivity index (χ2v) is 5.83. The van der Waals surface area contributed by atoms with Gasteiger partial charge in [-0.25, -0.2) is 0 Å². The Labute approximate surface area is 146 Å². The van der Waals surface area contributed by atoms with Gasteiger partial charge in [-0.3, -0.25) is 14.9 Å². The van der Waals surface area contributed by atoms with E-state index in [2.05, 4.69) is 5.32 Å². The summed E-state index contributed by atoms with van der Waals surface area (Å²) in [7, 11) is 3.93. The van der Waals surface area contributed by atoms with Crippen LogP contribution in [0.4, 0.5) is 11.4 Å². The zero-order valence-electron chi connectivity index (χ0n) is 14.5. The lowest BCUT2D eigenvalue weighted by molar-refractivity contribution is -0.385. The van der Waals surface area contributed by atoms with E-state index >= 15 is 0 Å². The molecule has 0 saturated heterocycles. The Balaban J connectivity index is 1.82. The van der Waals surface area contributed by atoms with E-state index in [0.29, 0.717) is 17.9 Å². The average Bonchev–Trinajstić information content (AvgIpc) is 2.58. The number of hydrogen-bond acceptors (Lipinski definition) is 5. The quantitative estimate of drug-likeness (QED) is 0.617. The van der Waals surface area contributed by atoms with Crippen molar-refractivity contribution in [3.63, 3.8) is 0 Å². The number of anilines is 1. The fourth-order valence-electron chi connectivity index (χ4n) is 2.24. The van der Waals surface area contributed by atoms with Gasteiger partial charge in [0.25, 0.3) is 11.6 Å². The second-order valence-electron chi connectivity index (χ2n) is 5.83. The normalized spacial score (nSPS) is 10.2. The van der Waals surface area contributed by atoms with Gasteiger partial charge in [-0.05, 0) is 36.8 Å². The Morgan fingerprint density at radius 1 is 1.20 bits per heavy atom. The maximum Gasteiger partial charge on any atom is 0.272 e. The minimum Gasteiger partial charge on any atom is -0.484 e. The summed E-state index contributed by atoms with van der Waals surface area (Å²) in [6.07, 6.45) is 0. The summed E-state index contributed by atoms with van der Waals surface area (Å²) in [5, 5.41) is 13.6. The van der Waals surface area contributed by atoms with Crippen molar-refractivity contribution in [2.45, 2.75) is 13.5 Å². The standard InChI is InChI=1S/C18H21N3O4/c1-13-10-16(8-9-17(13)21(23)24)25-12-18(22)19-11-14-4-6-15(7-5-14)20(2)3/h4-10H,11-12H2,1-3H3,(H,19,22). The third-order valence-corrected chi connectivity index (χ3v) is 3.68. The van der Waals surface area contributed by atoms with Gasteiger partial charge in [0.1, 0.15) is 5.75 Å². The number of hydrogen-bond donors (Lipinski definition) is 1. The van der Waals surface area contributed by atoms with E-state index in [-0.39, 0.29) is 18.2 Å². The van der Waals surface area contributed by atoms with Gasteiger partial charge in [0, 0.05) is 38.0 Å². The van der Waals surface area contributed by atoms with Crippen molar-refractivity contribution in [1.82, 2.24) is 5.32 Å². The number of carbonyl (C=O) groups excluding carboxylic acids is 1. The molecule has 0 aliphatic rings. The largest absolute Gasteiger partial charge is 0.484 e. The first-order chi connectivity index (χ1) is 11.9. The summed E-state index contributed by atoms with van der Waals surface area (Å²) >= 11 is 0. The lowest BCUT2D eigenvalue weighted by atomic mass is 10.2. The number of nitro benzene ring substituents is 1. The van der Waals surface area contributed by atoms with Crippen LogP contribution in [0, 0.1) is 17.0 Å². The van der Waals surface area contributed by atoms with Crippen molar-refractivity contribution in [1.29, 1.82) is 0 Å². The highest BCUT2D eigenvalue weighted by Crippen LogP contribution is 2.22. The molecule has 0 aliphatic carbocycles. The van der Waals surface area contributed by atoms with E-state index in [9.17, 15) is 14.9 Å². The van der Waals surface area contributed by atoms with E-state index in [4.69, 9.17) is 4.74 Å². The molecule has 2 rings (SSSR count). The van der Waals surface area contributed by atoms with Crippen LogP contribution in [0.15, 0.2) is 42.5 Å². The van der Waals surface area contributed by atoms with E-state index in [1.54, 1.807) is 13.0 Å². The van der Waals surface area contributed by atoms with Crippen LogP contribution in [0.5, 0.6) is 5.75 Å². The number of aryl methyl sites for hydroxylation is 1. The van der Waals surface area contributed by atoms with Crippen molar-refractivity contribution >= 4 is 17.3 Å². The molecular formula is C18H21N3O4. The van der Waals surface area contributed by atoms with Gasteiger partial charge >= 0.3 is 0 Å². The first-order valence-electron chi connectivity index (χ1n) is 7.77. The van der Waals surface area contributed by atoms with Gasteiger partial charge in [-0.15, -0.1) is 0 Å². The van der Waals surface area contributed by atoms with Crippen LogP contribution in [0.2, 0.25) is 0 Å². The minimum absolute atomic E-state index is 0.0259. The van der Waals surface area contributed by atoms with E-state index < -0.39 is 4.92 Å². The predicted molar refractivity (Wildman–Crippen MR) is 95.9 cm³/mol. The first-order valence-corrected chi connectivity index (χ1v) is 7.77. The Kier molecular flexibility index (Phi) is 5.94. The molecule has 0 atom stereocenters. The summed E-state index contributed by atoms with van der Waals surface area (Å²) in [6, 6.07) is 12.3. The van der Waals surface area contributed by atoms with Gasteiger partial charge in [-0.2, -0.15) is 0 Å². The fourth-order valence-corrected chi connectivity index (χ4v) is 2.24.